The highest BCUT2D eigenvalue weighted by molar-refractivity contribution is 5.97. The molecule has 45 heavy (non-hydrogen) atoms. The maximum absolute atomic E-state index is 14.3. The van der Waals surface area contributed by atoms with Crippen LogP contribution in [0.4, 0.5) is 24.9 Å². The standard InChI is InChI=1S/C32H35F3N6O4/c1-2-44-29(43)24-17-31(18-38-24)10-13-41(14-11-31)25-16-26(40-30(36)39-25)45-27(32(33,34)35)20-5-3-19(4-6-20)21-7-8-23-22(15-21)9-12-37-28(23)42/h3-8,15-16,24,27,38H,2,9-14,17-18H2,1H3,(H,37,42)(H2,36,39,40)/t24-,27+/m0/s1. The van der Waals surface area contributed by atoms with Crippen LogP contribution < -0.4 is 26.0 Å². The first kappa shape index (κ1) is 30.6. The van der Waals surface area contributed by atoms with E-state index in [0.717, 1.165) is 29.5 Å². The van der Waals surface area contributed by atoms with E-state index in [1.165, 1.54) is 18.2 Å². The lowest BCUT2D eigenvalue weighted by Gasteiger charge is -2.39. The minimum absolute atomic E-state index is 0.0624. The van der Waals surface area contributed by atoms with Gasteiger partial charge in [0.05, 0.1) is 6.61 Å². The average Bonchev–Trinajstić information content (AvgIpc) is 3.43. The molecule has 4 N–H and O–H groups in total. The van der Waals surface area contributed by atoms with Gasteiger partial charge in [-0.25, -0.2) is 0 Å². The molecule has 0 saturated carbocycles. The maximum Gasteiger partial charge on any atom is 0.429 e. The smallest absolute Gasteiger partial charge is 0.429 e. The van der Waals surface area contributed by atoms with Crippen LogP contribution in [0.3, 0.4) is 0 Å². The molecular weight excluding hydrogens is 589 g/mol. The Bertz CT molecular complexity index is 1570. The van der Waals surface area contributed by atoms with Crippen LogP contribution in [0.25, 0.3) is 11.1 Å². The van der Waals surface area contributed by atoms with Crippen molar-refractivity contribution in [3.8, 4) is 17.0 Å². The fraction of sp³-hybridized carbons (Fsp3) is 0.438. The summed E-state index contributed by atoms with van der Waals surface area (Å²) in [5.41, 5.74) is 8.81. The van der Waals surface area contributed by atoms with Crippen molar-refractivity contribution in [2.75, 3.05) is 43.4 Å². The van der Waals surface area contributed by atoms with Gasteiger partial charge in [0.25, 0.3) is 5.91 Å². The first-order chi connectivity index (χ1) is 21.5. The van der Waals surface area contributed by atoms with Crippen LogP contribution in [0.2, 0.25) is 0 Å². The van der Waals surface area contributed by atoms with E-state index < -0.39 is 12.3 Å². The molecule has 0 radical (unpaired) electrons. The molecule has 0 bridgehead atoms. The molecule has 0 unspecified atom stereocenters. The number of anilines is 2. The van der Waals surface area contributed by atoms with E-state index in [1.807, 2.05) is 11.0 Å². The summed E-state index contributed by atoms with van der Waals surface area (Å²) in [6.45, 7) is 4.52. The van der Waals surface area contributed by atoms with Gasteiger partial charge in [0, 0.05) is 43.4 Å². The lowest BCUT2D eigenvalue weighted by Crippen LogP contribution is -2.41. The Balaban J connectivity index is 1.16. The van der Waals surface area contributed by atoms with Gasteiger partial charge in [0.1, 0.15) is 11.9 Å². The van der Waals surface area contributed by atoms with Gasteiger partial charge in [-0.3, -0.25) is 9.59 Å². The third-order valence-corrected chi connectivity index (χ3v) is 8.90. The summed E-state index contributed by atoms with van der Waals surface area (Å²) < 4.78 is 53.6. The Labute approximate surface area is 258 Å². The highest BCUT2D eigenvalue weighted by atomic mass is 19.4. The second kappa shape index (κ2) is 12.2. The summed E-state index contributed by atoms with van der Waals surface area (Å²) in [6.07, 6.45) is -4.11. The van der Waals surface area contributed by atoms with Gasteiger partial charge in [-0.15, -0.1) is 0 Å². The lowest BCUT2D eigenvalue weighted by atomic mass is 9.76. The van der Waals surface area contributed by atoms with Crippen molar-refractivity contribution in [3.63, 3.8) is 0 Å². The van der Waals surface area contributed by atoms with Gasteiger partial charge in [-0.2, -0.15) is 23.1 Å². The zero-order chi connectivity index (χ0) is 31.8. The molecular formula is C32H35F3N6O4. The Morgan fingerprint density at radius 3 is 2.56 bits per heavy atom. The Kier molecular flexibility index (Phi) is 8.29. The molecule has 0 aliphatic carbocycles. The summed E-state index contributed by atoms with van der Waals surface area (Å²) in [7, 11) is 0. The van der Waals surface area contributed by atoms with Crippen molar-refractivity contribution in [1.29, 1.82) is 0 Å². The number of esters is 1. The molecule has 1 spiro atoms. The number of fused-ring (bicyclic) bond motifs is 1. The third kappa shape index (κ3) is 6.53. The fourth-order valence-electron chi connectivity index (χ4n) is 6.47. The topological polar surface area (TPSA) is 132 Å². The average molecular weight is 625 g/mol. The van der Waals surface area contributed by atoms with Crippen LogP contribution in [0.1, 0.15) is 53.8 Å². The molecule has 3 aromatic rings. The SMILES string of the molecule is CCOC(=O)[C@@H]1CC2(CCN(c3cc(O[C@H](c4ccc(-c5ccc6c(c5)CCNC6=O)cc4)C(F)(F)F)nc(N)n3)CC2)CN1. The maximum atomic E-state index is 14.3. The zero-order valence-electron chi connectivity index (χ0n) is 24.8. The summed E-state index contributed by atoms with van der Waals surface area (Å²) in [5.74, 6) is -0.453. The molecule has 2 fully saturated rings. The van der Waals surface area contributed by atoms with Gasteiger partial charge in [-0.05, 0) is 60.8 Å². The minimum Gasteiger partial charge on any atom is -0.465 e. The van der Waals surface area contributed by atoms with Crippen LogP contribution in [0, 0.1) is 5.41 Å². The number of carbonyl (C=O) groups is 2. The van der Waals surface area contributed by atoms with Crippen LogP contribution >= 0.6 is 0 Å². The van der Waals surface area contributed by atoms with Crippen LogP contribution in [-0.2, 0) is 16.0 Å². The van der Waals surface area contributed by atoms with Gasteiger partial charge in [-0.1, -0.05) is 36.4 Å². The van der Waals surface area contributed by atoms with Crippen molar-refractivity contribution >= 4 is 23.6 Å². The molecule has 10 nitrogen and oxygen atoms in total. The number of nitrogens with zero attached hydrogens (tertiary/aromatic N) is 3. The number of hydrogen-bond donors (Lipinski definition) is 3. The zero-order valence-corrected chi connectivity index (χ0v) is 24.8. The van der Waals surface area contributed by atoms with E-state index in [-0.39, 0.29) is 40.7 Å². The highest BCUT2D eigenvalue weighted by Crippen LogP contribution is 2.42. The summed E-state index contributed by atoms with van der Waals surface area (Å²) in [4.78, 5) is 34.5. The molecule has 3 aliphatic rings. The van der Waals surface area contributed by atoms with E-state index >= 15 is 0 Å². The summed E-state index contributed by atoms with van der Waals surface area (Å²) in [6, 6.07) is 12.5. The largest absolute Gasteiger partial charge is 0.465 e. The van der Waals surface area contributed by atoms with E-state index in [4.69, 9.17) is 15.2 Å². The monoisotopic (exact) mass is 624 g/mol. The molecule has 2 saturated heterocycles. The van der Waals surface area contributed by atoms with Crippen LogP contribution in [0.5, 0.6) is 5.88 Å². The fourth-order valence-corrected chi connectivity index (χ4v) is 6.47. The number of carbonyl (C=O) groups excluding carboxylic acids is 2. The number of amides is 1. The van der Waals surface area contributed by atoms with Crippen molar-refractivity contribution in [2.45, 2.75) is 50.9 Å². The van der Waals surface area contributed by atoms with E-state index in [9.17, 15) is 22.8 Å². The van der Waals surface area contributed by atoms with Crippen molar-refractivity contribution in [1.82, 2.24) is 20.6 Å². The van der Waals surface area contributed by atoms with Crippen molar-refractivity contribution in [2.24, 2.45) is 5.41 Å². The minimum atomic E-state index is -4.73. The van der Waals surface area contributed by atoms with Gasteiger partial charge in [0.15, 0.2) is 0 Å². The first-order valence-electron chi connectivity index (χ1n) is 15.1. The number of piperidine rings is 1. The van der Waals surface area contributed by atoms with Gasteiger partial charge >= 0.3 is 12.1 Å². The van der Waals surface area contributed by atoms with E-state index in [1.54, 1.807) is 31.2 Å². The number of nitrogens with one attached hydrogen (secondary N) is 2. The molecule has 238 valence electrons. The van der Waals surface area contributed by atoms with Crippen LogP contribution in [0.15, 0.2) is 48.5 Å². The van der Waals surface area contributed by atoms with Crippen LogP contribution in [-0.4, -0.2) is 66.8 Å². The number of nitrogen functional groups attached to an aromatic ring is 1. The Hall–Kier alpha value is -4.39. The summed E-state index contributed by atoms with van der Waals surface area (Å²) in [5, 5.41) is 6.07. The number of alkyl halides is 3. The molecule has 2 aromatic carbocycles. The molecule has 13 heteroatoms. The van der Waals surface area contributed by atoms with Gasteiger partial charge in [0.2, 0.25) is 17.9 Å². The molecule has 2 atom stereocenters. The number of hydrogen-bond acceptors (Lipinski definition) is 9. The Morgan fingerprint density at radius 1 is 1.11 bits per heavy atom. The van der Waals surface area contributed by atoms with E-state index in [2.05, 4.69) is 20.6 Å². The summed E-state index contributed by atoms with van der Waals surface area (Å²) >= 11 is 0. The molecule has 1 amide bonds. The predicted octanol–water partition coefficient (Wildman–Crippen LogP) is 4.21. The molecule has 4 heterocycles. The second-order valence-electron chi connectivity index (χ2n) is 11.8. The number of halogens is 3. The predicted molar refractivity (Wildman–Crippen MR) is 161 cm³/mol. The number of rotatable bonds is 7. The normalized spacial score (nSPS) is 20.0. The molecule has 1 aromatic heterocycles. The lowest BCUT2D eigenvalue weighted by molar-refractivity contribution is -0.198. The van der Waals surface area contributed by atoms with Gasteiger partial charge < -0.3 is 30.7 Å². The van der Waals surface area contributed by atoms with Crippen molar-refractivity contribution in [3.05, 3.63) is 65.2 Å². The molecule has 6 rings (SSSR count). The quantitative estimate of drug-likeness (QED) is 0.331. The first-order valence-corrected chi connectivity index (χ1v) is 15.1. The molecule has 3 aliphatic heterocycles. The highest BCUT2D eigenvalue weighted by Gasteiger charge is 2.45. The number of nitrogens with two attached hydrogens (primary N) is 1. The number of benzene rings is 2. The van der Waals surface area contributed by atoms with Crippen molar-refractivity contribution < 1.29 is 32.2 Å². The Morgan fingerprint density at radius 2 is 1.84 bits per heavy atom. The number of ether oxygens (including phenoxy) is 2. The third-order valence-electron chi connectivity index (χ3n) is 8.90. The van der Waals surface area contributed by atoms with E-state index in [0.29, 0.717) is 57.0 Å². The number of aromatic nitrogens is 2. The second-order valence-corrected chi connectivity index (χ2v) is 11.8.